The van der Waals surface area contributed by atoms with Crippen molar-refractivity contribution < 1.29 is 9.90 Å². The summed E-state index contributed by atoms with van der Waals surface area (Å²) in [6, 6.07) is 16.3. The minimum atomic E-state index is -0.0297. The van der Waals surface area contributed by atoms with E-state index in [1.807, 2.05) is 24.0 Å². The Morgan fingerprint density at radius 1 is 1.14 bits per heavy atom. The van der Waals surface area contributed by atoms with Gasteiger partial charge in [-0.1, -0.05) is 18.2 Å². The van der Waals surface area contributed by atoms with Crippen LogP contribution in [0.2, 0.25) is 0 Å². The number of piperidine rings is 1. The van der Waals surface area contributed by atoms with Crippen LogP contribution < -0.4 is 10.2 Å². The van der Waals surface area contributed by atoms with E-state index in [1.54, 1.807) is 6.07 Å². The highest BCUT2D eigenvalue weighted by atomic mass is 16.3. The lowest BCUT2D eigenvalue weighted by Gasteiger charge is -2.43. The number of carbonyl (C=O) groups excluding carboxylic acids is 1. The van der Waals surface area contributed by atoms with Gasteiger partial charge in [0.05, 0.1) is 23.9 Å². The lowest BCUT2D eigenvalue weighted by molar-refractivity contribution is 0.0193. The molecule has 2 saturated heterocycles. The lowest BCUT2D eigenvalue weighted by Crippen LogP contribution is -2.58. The molecule has 7 nitrogen and oxygen atoms in total. The van der Waals surface area contributed by atoms with Gasteiger partial charge in [0.25, 0.3) is 5.91 Å². The molecule has 2 aromatic rings. The van der Waals surface area contributed by atoms with Gasteiger partial charge < -0.3 is 20.2 Å². The first kappa shape index (κ1) is 25.8. The van der Waals surface area contributed by atoms with Gasteiger partial charge in [0.15, 0.2) is 0 Å². The van der Waals surface area contributed by atoms with Crippen LogP contribution in [0.4, 0.5) is 11.4 Å². The van der Waals surface area contributed by atoms with Crippen molar-refractivity contribution in [2.75, 3.05) is 49.5 Å². The highest BCUT2D eigenvalue weighted by molar-refractivity contribution is 5.97. The van der Waals surface area contributed by atoms with Crippen molar-refractivity contribution in [3.05, 3.63) is 58.7 Å². The number of nitrogens with one attached hydrogen (secondary N) is 1. The molecule has 0 aromatic heterocycles. The molecule has 0 spiro atoms. The van der Waals surface area contributed by atoms with Crippen molar-refractivity contribution in [2.24, 2.45) is 0 Å². The monoisotopic (exact) mass is 487 g/mol. The number of amides is 1. The van der Waals surface area contributed by atoms with Crippen molar-refractivity contribution in [3.8, 4) is 6.07 Å². The first-order valence-electron chi connectivity index (χ1n) is 12.9. The van der Waals surface area contributed by atoms with E-state index >= 15 is 0 Å². The second kappa shape index (κ2) is 11.2. The van der Waals surface area contributed by atoms with E-state index in [0.29, 0.717) is 30.7 Å². The number of carbonyl (C=O) groups is 1. The average Bonchev–Trinajstić information content (AvgIpc) is 2.89. The SMILES string of the molecule is Cc1cc(C)c(C(=O)N2CCN(C(C)C)[C@@H](CO)C2)cc1NC1CCN(c2cc#ccc2C#N)CC1. The molecule has 36 heavy (non-hydrogen) atoms. The van der Waals surface area contributed by atoms with Crippen LogP contribution in [0.5, 0.6) is 0 Å². The van der Waals surface area contributed by atoms with E-state index < -0.39 is 0 Å². The van der Waals surface area contributed by atoms with Gasteiger partial charge in [0, 0.05) is 68.2 Å². The second-order valence-electron chi connectivity index (χ2n) is 10.3. The normalized spacial score (nSPS) is 19.2. The molecule has 0 aliphatic carbocycles. The van der Waals surface area contributed by atoms with E-state index in [9.17, 15) is 15.2 Å². The summed E-state index contributed by atoms with van der Waals surface area (Å²) in [6.07, 6.45) is 1.88. The summed E-state index contributed by atoms with van der Waals surface area (Å²) >= 11 is 0. The lowest BCUT2D eigenvalue weighted by atomic mass is 9.99. The smallest absolute Gasteiger partial charge is 0.254 e. The molecule has 0 radical (unpaired) electrons. The number of aliphatic hydroxyl groups excluding tert-OH is 1. The number of piperazine rings is 1. The Kier molecular flexibility index (Phi) is 8.04. The molecule has 190 valence electrons. The van der Waals surface area contributed by atoms with Crippen LogP contribution >= 0.6 is 0 Å². The van der Waals surface area contributed by atoms with Crippen molar-refractivity contribution in [1.29, 1.82) is 5.26 Å². The van der Waals surface area contributed by atoms with Crippen LogP contribution in [0.15, 0.2) is 24.3 Å². The van der Waals surface area contributed by atoms with E-state index in [2.05, 4.69) is 60.2 Å². The Balaban J connectivity index is 1.43. The highest BCUT2D eigenvalue weighted by Crippen LogP contribution is 2.28. The van der Waals surface area contributed by atoms with Gasteiger partial charge in [-0.05, 0) is 57.7 Å². The topological polar surface area (TPSA) is 82.8 Å². The minimum Gasteiger partial charge on any atom is -0.395 e. The van der Waals surface area contributed by atoms with Gasteiger partial charge in [-0.15, -0.1) is 0 Å². The number of hydrogen-bond acceptors (Lipinski definition) is 6. The zero-order chi connectivity index (χ0) is 25.8. The molecule has 2 aliphatic rings. The van der Waals surface area contributed by atoms with E-state index in [1.165, 1.54) is 0 Å². The number of nitriles is 1. The van der Waals surface area contributed by atoms with E-state index in [0.717, 1.165) is 60.5 Å². The van der Waals surface area contributed by atoms with Crippen LogP contribution in [0.3, 0.4) is 0 Å². The molecule has 0 bridgehead atoms. The predicted octanol–water partition coefficient (Wildman–Crippen LogP) is 3.38. The van der Waals surface area contributed by atoms with Crippen molar-refractivity contribution in [1.82, 2.24) is 9.80 Å². The Bertz CT molecular complexity index is 1120. The molecule has 0 saturated carbocycles. The van der Waals surface area contributed by atoms with Gasteiger partial charge in [-0.2, -0.15) is 5.26 Å². The molecule has 1 amide bonds. The van der Waals surface area contributed by atoms with Crippen LogP contribution in [0, 0.1) is 37.3 Å². The number of benzene rings is 1. The summed E-state index contributed by atoms with van der Waals surface area (Å²) < 4.78 is 0. The molecule has 2 aromatic carbocycles. The fraction of sp³-hybridized carbons (Fsp3) is 0.517. The summed E-state index contributed by atoms with van der Waals surface area (Å²) in [7, 11) is 0. The van der Waals surface area contributed by atoms with Crippen LogP contribution in [0.25, 0.3) is 0 Å². The Morgan fingerprint density at radius 2 is 1.86 bits per heavy atom. The number of aliphatic hydroxyl groups is 1. The van der Waals surface area contributed by atoms with Gasteiger partial charge in [-0.3, -0.25) is 9.69 Å². The third-order valence-electron chi connectivity index (χ3n) is 7.59. The van der Waals surface area contributed by atoms with Gasteiger partial charge in [0.1, 0.15) is 6.07 Å². The quantitative estimate of drug-likeness (QED) is 0.650. The van der Waals surface area contributed by atoms with Crippen LogP contribution in [-0.4, -0.2) is 78.3 Å². The summed E-state index contributed by atoms with van der Waals surface area (Å²) in [4.78, 5) is 19.9. The van der Waals surface area contributed by atoms with Crippen molar-refractivity contribution >= 4 is 17.3 Å². The number of rotatable bonds is 6. The largest absolute Gasteiger partial charge is 0.395 e. The van der Waals surface area contributed by atoms with Crippen LogP contribution in [0.1, 0.15) is 53.7 Å². The first-order valence-corrected chi connectivity index (χ1v) is 12.9. The zero-order valence-electron chi connectivity index (χ0n) is 21.8. The van der Waals surface area contributed by atoms with Gasteiger partial charge in [0.2, 0.25) is 0 Å². The molecule has 2 heterocycles. The maximum atomic E-state index is 13.5. The standard InChI is InChI=1S/C29H37N5O2/c1-20(2)34-14-13-33(18-25(34)19-35)29(36)26-16-27(22(4)15-21(26)3)31-24-9-11-32(12-10-24)28-8-6-5-7-23(28)17-30/h7-8,15-16,20,24-25,31,35H,9-14,18-19H2,1-4H3/t25-/m1/s1. The molecule has 2 N–H and O–H groups in total. The Labute approximate surface area is 215 Å². The zero-order valence-corrected chi connectivity index (χ0v) is 21.8. The Morgan fingerprint density at radius 3 is 2.53 bits per heavy atom. The summed E-state index contributed by atoms with van der Waals surface area (Å²) in [5, 5.41) is 23.0. The third kappa shape index (κ3) is 5.43. The average molecular weight is 488 g/mol. The summed E-state index contributed by atoms with van der Waals surface area (Å²) in [5.41, 5.74) is 5.39. The van der Waals surface area contributed by atoms with Crippen molar-refractivity contribution in [2.45, 2.75) is 58.7 Å². The van der Waals surface area contributed by atoms with Gasteiger partial charge in [-0.25, -0.2) is 0 Å². The number of anilines is 2. The fourth-order valence-electron chi connectivity index (χ4n) is 5.52. The third-order valence-corrected chi connectivity index (χ3v) is 7.59. The highest BCUT2D eigenvalue weighted by Gasteiger charge is 2.31. The van der Waals surface area contributed by atoms with E-state index in [-0.39, 0.29) is 18.6 Å². The molecule has 0 unspecified atom stereocenters. The summed E-state index contributed by atoms with van der Waals surface area (Å²) in [5.74, 6) is 0.0355. The molecule has 7 heteroatoms. The number of aryl methyl sites for hydroxylation is 2. The summed E-state index contributed by atoms with van der Waals surface area (Å²) in [6.45, 7) is 12.1. The molecule has 4 rings (SSSR count). The minimum absolute atomic E-state index is 0.0297. The number of hydrogen-bond donors (Lipinski definition) is 2. The van der Waals surface area contributed by atoms with Crippen molar-refractivity contribution in [3.63, 3.8) is 0 Å². The van der Waals surface area contributed by atoms with Gasteiger partial charge >= 0.3 is 0 Å². The van der Waals surface area contributed by atoms with Crippen LogP contribution in [-0.2, 0) is 0 Å². The predicted molar refractivity (Wildman–Crippen MR) is 142 cm³/mol. The Hall–Kier alpha value is -3.26. The second-order valence-corrected chi connectivity index (χ2v) is 10.3. The first-order chi connectivity index (χ1) is 17.3. The maximum absolute atomic E-state index is 13.5. The molecule has 1 atom stereocenters. The fourth-order valence-corrected chi connectivity index (χ4v) is 5.52. The molecule has 2 aliphatic heterocycles. The molecule has 2 fully saturated rings. The van der Waals surface area contributed by atoms with E-state index in [4.69, 9.17) is 0 Å². The number of nitrogens with zero attached hydrogens (tertiary/aromatic N) is 4. The molecular formula is C29H37N5O2. The maximum Gasteiger partial charge on any atom is 0.254 e. The molecular weight excluding hydrogens is 450 g/mol.